The number of pyridine rings is 1. The Morgan fingerprint density at radius 2 is 2.15 bits per heavy atom. The zero-order valence-electron chi connectivity index (χ0n) is 14.5. The number of rotatable bonds is 3. The van der Waals surface area contributed by atoms with Crippen molar-refractivity contribution in [1.29, 1.82) is 5.26 Å². The number of anilines is 1. The quantitative estimate of drug-likeness (QED) is 0.767. The van der Waals surface area contributed by atoms with E-state index in [-0.39, 0.29) is 5.82 Å². The summed E-state index contributed by atoms with van der Waals surface area (Å²) in [6, 6.07) is 9.36. The van der Waals surface area contributed by atoms with Crippen LogP contribution >= 0.6 is 0 Å². The predicted molar refractivity (Wildman–Crippen MR) is 97.4 cm³/mol. The highest BCUT2D eigenvalue weighted by molar-refractivity contribution is 5.79. The minimum atomic E-state index is -1.03. The summed E-state index contributed by atoms with van der Waals surface area (Å²) in [6.07, 6.45) is 0.809. The van der Waals surface area contributed by atoms with Gasteiger partial charge in [-0.15, -0.1) is 0 Å². The molecule has 4 rings (SSSR count). The number of fused-ring (bicyclic) bond motifs is 1. The monoisotopic (exact) mass is 368 g/mol. The number of benzene rings is 1. The zero-order chi connectivity index (χ0) is 19.0. The minimum absolute atomic E-state index is 0.327. The molecule has 1 saturated heterocycles. The number of nitrogens with two attached hydrogens (primary N) is 1. The molecule has 0 spiro atoms. The lowest BCUT2D eigenvalue weighted by molar-refractivity contribution is 0.243. The Kier molecular flexibility index (Phi) is 4.46. The van der Waals surface area contributed by atoms with Crippen LogP contribution in [0.4, 0.5) is 14.7 Å². The van der Waals surface area contributed by atoms with Crippen molar-refractivity contribution in [2.45, 2.75) is 25.2 Å². The van der Waals surface area contributed by atoms with E-state index in [2.05, 4.69) is 9.97 Å². The summed E-state index contributed by atoms with van der Waals surface area (Å²) in [7, 11) is 0. The topological polar surface area (TPSA) is 83.8 Å². The molecule has 3 aromatic rings. The molecule has 0 unspecified atom stereocenters. The summed E-state index contributed by atoms with van der Waals surface area (Å²) in [4.78, 5) is 10.8. The van der Waals surface area contributed by atoms with Gasteiger partial charge in [-0.1, -0.05) is 0 Å². The summed E-state index contributed by atoms with van der Waals surface area (Å²) in [5.74, 6) is 0.249. The summed E-state index contributed by atoms with van der Waals surface area (Å²) in [6.45, 7) is 1.23. The first kappa shape index (κ1) is 17.4. The van der Waals surface area contributed by atoms with Crippen molar-refractivity contribution in [3.63, 3.8) is 0 Å². The van der Waals surface area contributed by atoms with Gasteiger partial charge in [0.2, 0.25) is 5.95 Å². The average Bonchev–Trinajstić information content (AvgIpc) is 3.02. The van der Waals surface area contributed by atoms with Gasteiger partial charge in [-0.25, -0.2) is 13.8 Å². The molecule has 27 heavy (non-hydrogen) atoms. The Morgan fingerprint density at radius 1 is 1.30 bits per heavy atom. The first-order valence-electron chi connectivity index (χ1n) is 8.70. The maximum atomic E-state index is 13.8. The van der Waals surface area contributed by atoms with Gasteiger partial charge in [-0.05, 0) is 30.7 Å². The van der Waals surface area contributed by atoms with E-state index in [1.165, 1.54) is 18.3 Å². The lowest BCUT2D eigenvalue weighted by Gasteiger charge is -2.34. The predicted octanol–water partition coefficient (Wildman–Crippen LogP) is 2.37. The number of hydrogen-bond acceptors (Lipinski definition) is 5. The fourth-order valence-electron chi connectivity index (χ4n) is 3.37. The Hall–Kier alpha value is -3.05. The normalized spacial score (nSPS) is 20.0. The molecule has 1 aliphatic rings. The van der Waals surface area contributed by atoms with E-state index in [9.17, 15) is 8.78 Å². The number of imidazole rings is 1. The molecule has 0 aliphatic carbocycles. The standard InChI is InChI=1S/C19H18F2N6/c20-13-2-4-18-17(7-13)25-19(26-6-5-15(21)16(23)11-26)27(18)10-14-3-1-12(8-22)9-24-14/h1-4,7,9,15-16H,5-6,10-11,23H2/t15-,16+/m0/s1. The highest BCUT2D eigenvalue weighted by atomic mass is 19.1. The highest BCUT2D eigenvalue weighted by Gasteiger charge is 2.29. The third-order valence-electron chi connectivity index (χ3n) is 4.82. The second-order valence-electron chi connectivity index (χ2n) is 6.70. The molecule has 1 aliphatic heterocycles. The van der Waals surface area contributed by atoms with Crippen molar-refractivity contribution in [2.75, 3.05) is 18.0 Å². The van der Waals surface area contributed by atoms with Crippen molar-refractivity contribution in [2.24, 2.45) is 5.73 Å². The van der Waals surface area contributed by atoms with Crippen molar-refractivity contribution in [1.82, 2.24) is 14.5 Å². The smallest absolute Gasteiger partial charge is 0.206 e. The van der Waals surface area contributed by atoms with Gasteiger partial charge in [0.05, 0.1) is 34.9 Å². The number of hydrogen-bond donors (Lipinski definition) is 1. The van der Waals surface area contributed by atoms with Crippen molar-refractivity contribution in [3.8, 4) is 6.07 Å². The van der Waals surface area contributed by atoms with Crippen LogP contribution in [0.5, 0.6) is 0 Å². The first-order chi connectivity index (χ1) is 13.0. The summed E-state index contributed by atoms with van der Waals surface area (Å²) in [5, 5.41) is 8.92. The van der Waals surface area contributed by atoms with Gasteiger partial charge in [0.15, 0.2) is 0 Å². The van der Waals surface area contributed by atoms with Crippen LogP contribution in [0.25, 0.3) is 11.0 Å². The number of nitrogens with zero attached hydrogens (tertiary/aromatic N) is 5. The maximum Gasteiger partial charge on any atom is 0.206 e. The molecule has 0 radical (unpaired) electrons. The van der Waals surface area contributed by atoms with Crippen molar-refractivity contribution < 1.29 is 8.78 Å². The number of aromatic nitrogens is 3. The van der Waals surface area contributed by atoms with Gasteiger partial charge in [0, 0.05) is 25.4 Å². The molecule has 3 heterocycles. The molecular formula is C19H18F2N6. The van der Waals surface area contributed by atoms with Crippen LogP contribution in [-0.2, 0) is 6.54 Å². The molecule has 2 atom stereocenters. The minimum Gasteiger partial charge on any atom is -0.340 e. The lowest BCUT2D eigenvalue weighted by Crippen LogP contribution is -2.50. The Balaban J connectivity index is 1.75. The van der Waals surface area contributed by atoms with Crippen molar-refractivity contribution in [3.05, 3.63) is 53.6 Å². The van der Waals surface area contributed by atoms with E-state index >= 15 is 0 Å². The Morgan fingerprint density at radius 3 is 2.85 bits per heavy atom. The van der Waals surface area contributed by atoms with Crippen LogP contribution in [0.3, 0.4) is 0 Å². The number of alkyl halides is 1. The highest BCUT2D eigenvalue weighted by Crippen LogP contribution is 2.27. The number of halogens is 2. The molecule has 6 nitrogen and oxygen atoms in total. The van der Waals surface area contributed by atoms with Crippen LogP contribution in [0.2, 0.25) is 0 Å². The van der Waals surface area contributed by atoms with Crippen molar-refractivity contribution >= 4 is 17.0 Å². The zero-order valence-corrected chi connectivity index (χ0v) is 14.5. The van der Waals surface area contributed by atoms with Crippen LogP contribution in [0.1, 0.15) is 17.7 Å². The molecule has 0 bridgehead atoms. The van der Waals surface area contributed by atoms with Crippen LogP contribution < -0.4 is 10.6 Å². The SMILES string of the molecule is N#Cc1ccc(Cn2c(N3CC[C@H](F)[C@H](N)C3)nc3cc(F)ccc32)nc1. The average molecular weight is 368 g/mol. The van der Waals surface area contributed by atoms with E-state index in [4.69, 9.17) is 11.0 Å². The van der Waals surface area contributed by atoms with Crippen LogP contribution in [0.15, 0.2) is 36.5 Å². The fourth-order valence-corrected chi connectivity index (χ4v) is 3.37. The number of nitriles is 1. The largest absolute Gasteiger partial charge is 0.340 e. The molecule has 0 amide bonds. The summed E-state index contributed by atoms with van der Waals surface area (Å²) in [5.41, 5.74) is 8.40. The van der Waals surface area contributed by atoms with Gasteiger partial charge >= 0.3 is 0 Å². The molecular weight excluding hydrogens is 350 g/mol. The molecule has 8 heteroatoms. The second kappa shape index (κ2) is 6.93. The molecule has 0 saturated carbocycles. The third kappa shape index (κ3) is 3.34. The summed E-state index contributed by atoms with van der Waals surface area (Å²) < 4.78 is 29.4. The molecule has 1 fully saturated rings. The third-order valence-corrected chi connectivity index (χ3v) is 4.82. The van der Waals surface area contributed by atoms with E-state index in [1.54, 1.807) is 18.2 Å². The second-order valence-corrected chi connectivity index (χ2v) is 6.70. The lowest BCUT2D eigenvalue weighted by atomic mass is 10.1. The van der Waals surface area contributed by atoms with Gasteiger partial charge < -0.3 is 15.2 Å². The van der Waals surface area contributed by atoms with Crippen LogP contribution in [0, 0.1) is 17.1 Å². The Labute approximate surface area is 154 Å². The fraction of sp³-hybridized carbons (Fsp3) is 0.316. The van der Waals surface area contributed by atoms with Gasteiger partial charge in [-0.3, -0.25) is 4.98 Å². The summed E-state index contributed by atoms with van der Waals surface area (Å²) >= 11 is 0. The van der Waals surface area contributed by atoms with E-state index in [1.807, 2.05) is 15.5 Å². The van der Waals surface area contributed by atoms with Crippen LogP contribution in [-0.4, -0.2) is 39.8 Å². The molecule has 2 aromatic heterocycles. The maximum absolute atomic E-state index is 13.8. The first-order valence-corrected chi connectivity index (χ1v) is 8.70. The van der Waals surface area contributed by atoms with E-state index in [0.717, 1.165) is 11.2 Å². The number of piperidine rings is 1. The van der Waals surface area contributed by atoms with E-state index < -0.39 is 12.2 Å². The van der Waals surface area contributed by atoms with Gasteiger partial charge in [0.1, 0.15) is 18.1 Å². The molecule has 1 aromatic carbocycles. The van der Waals surface area contributed by atoms with Gasteiger partial charge in [-0.2, -0.15) is 5.26 Å². The molecule has 138 valence electrons. The molecule has 2 N–H and O–H groups in total. The Bertz CT molecular complexity index is 1010. The van der Waals surface area contributed by atoms with Gasteiger partial charge in [0.25, 0.3) is 0 Å². The van der Waals surface area contributed by atoms with E-state index in [0.29, 0.717) is 43.1 Å².